The topological polar surface area (TPSA) is 40.5 Å². The number of nitrogens with zero attached hydrogens (tertiary/aromatic N) is 1. The number of allylic oxidation sites excluding steroid dienone is 1. The minimum Gasteiger partial charge on any atom is -0.388 e. The van der Waals surface area contributed by atoms with Crippen molar-refractivity contribution in [2.75, 3.05) is 13.1 Å². The first-order valence-corrected chi connectivity index (χ1v) is 7.72. The highest BCUT2D eigenvalue weighted by molar-refractivity contribution is 6.30. The number of carbonyl (C=O) groups is 1. The van der Waals surface area contributed by atoms with E-state index in [0.29, 0.717) is 18.1 Å². The number of amides is 1. The van der Waals surface area contributed by atoms with Gasteiger partial charge in [0.15, 0.2) is 0 Å². The molecule has 1 saturated heterocycles. The van der Waals surface area contributed by atoms with E-state index in [1.165, 1.54) is 0 Å². The van der Waals surface area contributed by atoms with Crippen molar-refractivity contribution in [3.05, 3.63) is 46.5 Å². The molecule has 0 aliphatic carbocycles. The summed E-state index contributed by atoms with van der Waals surface area (Å²) in [6.45, 7) is 5.26. The molecule has 114 valence electrons. The molecule has 0 aromatic heterocycles. The summed E-state index contributed by atoms with van der Waals surface area (Å²) in [5, 5.41) is 11.1. The molecule has 0 bridgehead atoms. The lowest BCUT2D eigenvalue weighted by atomic mass is 9.87. The van der Waals surface area contributed by atoms with Gasteiger partial charge in [-0.25, -0.2) is 0 Å². The SMILES string of the molecule is CC(C)=CC(=O)N1CCC([C@@H](O)c2ccc(Cl)cc2)CC1. The lowest BCUT2D eigenvalue weighted by Crippen LogP contribution is -2.39. The van der Waals surface area contributed by atoms with Gasteiger partial charge in [-0.05, 0) is 50.3 Å². The summed E-state index contributed by atoms with van der Waals surface area (Å²) in [5.41, 5.74) is 1.91. The van der Waals surface area contributed by atoms with Gasteiger partial charge in [-0.2, -0.15) is 0 Å². The predicted octanol–water partition coefficient (Wildman–Crippen LogP) is 3.58. The molecule has 1 aromatic rings. The molecule has 0 unspecified atom stereocenters. The van der Waals surface area contributed by atoms with Crippen LogP contribution in [0.2, 0.25) is 5.02 Å². The Morgan fingerprint density at radius 3 is 2.38 bits per heavy atom. The fourth-order valence-electron chi connectivity index (χ4n) is 2.71. The standard InChI is InChI=1S/C17H22ClNO2/c1-12(2)11-16(20)19-9-7-14(8-10-19)17(21)13-3-5-15(18)6-4-13/h3-6,11,14,17,21H,7-10H2,1-2H3/t17-/m0/s1. The molecule has 1 N–H and O–H groups in total. The number of rotatable bonds is 3. The van der Waals surface area contributed by atoms with Crippen LogP contribution in [0.3, 0.4) is 0 Å². The molecule has 1 fully saturated rings. The molecule has 4 heteroatoms. The lowest BCUT2D eigenvalue weighted by molar-refractivity contribution is -0.128. The molecule has 0 saturated carbocycles. The molecule has 1 aliphatic rings. The number of hydrogen-bond donors (Lipinski definition) is 1. The Bertz CT molecular complexity index is 512. The average molecular weight is 308 g/mol. The van der Waals surface area contributed by atoms with Crippen LogP contribution in [0.25, 0.3) is 0 Å². The Labute approximate surface area is 131 Å². The molecular formula is C17H22ClNO2. The van der Waals surface area contributed by atoms with Gasteiger partial charge in [-0.1, -0.05) is 29.3 Å². The Morgan fingerprint density at radius 1 is 1.29 bits per heavy atom. The van der Waals surface area contributed by atoms with Crippen LogP contribution in [-0.2, 0) is 4.79 Å². The van der Waals surface area contributed by atoms with E-state index in [9.17, 15) is 9.90 Å². The van der Waals surface area contributed by atoms with E-state index in [-0.39, 0.29) is 11.8 Å². The number of halogens is 1. The van der Waals surface area contributed by atoms with Crippen molar-refractivity contribution in [2.24, 2.45) is 5.92 Å². The zero-order chi connectivity index (χ0) is 15.4. The van der Waals surface area contributed by atoms with Gasteiger partial charge in [-0.3, -0.25) is 4.79 Å². The Hall–Kier alpha value is -1.32. The normalized spacial score (nSPS) is 17.4. The van der Waals surface area contributed by atoms with Gasteiger partial charge in [0.1, 0.15) is 0 Å². The predicted molar refractivity (Wildman–Crippen MR) is 85.1 cm³/mol. The van der Waals surface area contributed by atoms with Crippen LogP contribution >= 0.6 is 11.6 Å². The first-order chi connectivity index (χ1) is 9.97. The van der Waals surface area contributed by atoms with Gasteiger partial charge in [0.25, 0.3) is 0 Å². The maximum atomic E-state index is 12.0. The Balaban J connectivity index is 1.93. The number of benzene rings is 1. The molecule has 3 nitrogen and oxygen atoms in total. The van der Waals surface area contributed by atoms with Crippen molar-refractivity contribution in [1.82, 2.24) is 4.90 Å². The maximum Gasteiger partial charge on any atom is 0.246 e. The van der Waals surface area contributed by atoms with Crippen molar-refractivity contribution in [3.63, 3.8) is 0 Å². The Morgan fingerprint density at radius 2 is 1.86 bits per heavy atom. The summed E-state index contributed by atoms with van der Waals surface area (Å²) in [6.07, 6.45) is 2.84. The fourth-order valence-corrected chi connectivity index (χ4v) is 2.83. The molecule has 1 aliphatic heterocycles. The number of piperidine rings is 1. The van der Waals surface area contributed by atoms with Crippen LogP contribution in [0.4, 0.5) is 0 Å². The van der Waals surface area contributed by atoms with E-state index in [1.807, 2.05) is 30.9 Å². The van der Waals surface area contributed by atoms with E-state index < -0.39 is 6.10 Å². The van der Waals surface area contributed by atoms with E-state index >= 15 is 0 Å². The fraction of sp³-hybridized carbons (Fsp3) is 0.471. The Kier molecular flexibility index (Phi) is 5.43. The largest absolute Gasteiger partial charge is 0.388 e. The molecule has 21 heavy (non-hydrogen) atoms. The molecule has 0 radical (unpaired) electrons. The van der Waals surface area contributed by atoms with Crippen LogP contribution in [0.1, 0.15) is 38.4 Å². The second-order valence-corrected chi connectivity index (χ2v) is 6.32. The van der Waals surface area contributed by atoms with Crippen molar-refractivity contribution < 1.29 is 9.90 Å². The minimum absolute atomic E-state index is 0.0782. The quantitative estimate of drug-likeness (QED) is 0.867. The molecule has 1 amide bonds. The third-order valence-corrected chi connectivity index (χ3v) is 4.17. The molecule has 1 aromatic carbocycles. The number of likely N-dealkylation sites (tertiary alicyclic amines) is 1. The van der Waals surface area contributed by atoms with Gasteiger partial charge >= 0.3 is 0 Å². The molecule has 1 heterocycles. The van der Waals surface area contributed by atoms with E-state index in [1.54, 1.807) is 18.2 Å². The number of aliphatic hydroxyl groups is 1. The number of aliphatic hydroxyl groups excluding tert-OH is 1. The van der Waals surface area contributed by atoms with Gasteiger partial charge in [-0.15, -0.1) is 0 Å². The summed E-state index contributed by atoms with van der Waals surface area (Å²) in [6, 6.07) is 7.34. The highest BCUT2D eigenvalue weighted by Gasteiger charge is 2.27. The summed E-state index contributed by atoms with van der Waals surface area (Å²) < 4.78 is 0. The number of hydrogen-bond acceptors (Lipinski definition) is 2. The summed E-state index contributed by atoms with van der Waals surface area (Å²) in [5.74, 6) is 0.274. The first kappa shape index (κ1) is 16.1. The summed E-state index contributed by atoms with van der Waals surface area (Å²) in [7, 11) is 0. The first-order valence-electron chi connectivity index (χ1n) is 7.34. The second-order valence-electron chi connectivity index (χ2n) is 5.88. The van der Waals surface area contributed by atoms with Crippen LogP contribution in [0.5, 0.6) is 0 Å². The molecule has 1 atom stereocenters. The van der Waals surface area contributed by atoms with E-state index in [4.69, 9.17) is 11.6 Å². The van der Waals surface area contributed by atoms with Crippen LogP contribution in [0.15, 0.2) is 35.9 Å². The zero-order valence-corrected chi connectivity index (χ0v) is 13.3. The third-order valence-electron chi connectivity index (χ3n) is 3.92. The maximum absolute atomic E-state index is 12.0. The second kappa shape index (κ2) is 7.10. The average Bonchev–Trinajstić information content (AvgIpc) is 2.47. The summed E-state index contributed by atoms with van der Waals surface area (Å²) >= 11 is 5.87. The lowest BCUT2D eigenvalue weighted by Gasteiger charge is -2.34. The van der Waals surface area contributed by atoms with Crippen molar-refractivity contribution in [3.8, 4) is 0 Å². The van der Waals surface area contributed by atoms with Gasteiger partial charge in [0.05, 0.1) is 6.10 Å². The van der Waals surface area contributed by atoms with E-state index in [0.717, 1.165) is 24.0 Å². The number of carbonyl (C=O) groups excluding carboxylic acids is 1. The van der Waals surface area contributed by atoms with Gasteiger partial charge in [0.2, 0.25) is 5.91 Å². The molecular weight excluding hydrogens is 286 g/mol. The highest BCUT2D eigenvalue weighted by atomic mass is 35.5. The highest BCUT2D eigenvalue weighted by Crippen LogP contribution is 2.31. The van der Waals surface area contributed by atoms with Gasteiger partial charge in [0, 0.05) is 24.2 Å². The van der Waals surface area contributed by atoms with Crippen LogP contribution in [0, 0.1) is 5.92 Å². The molecule has 2 rings (SSSR count). The van der Waals surface area contributed by atoms with Crippen molar-refractivity contribution in [1.29, 1.82) is 0 Å². The van der Waals surface area contributed by atoms with Crippen molar-refractivity contribution in [2.45, 2.75) is 32.8 Å². The third kappa shape index (κ3) is 4.32. The van der Waals surface area contributed by atoms with Crippen LogP contribution < -0.4 is 0 Å². The smallest absolute Gasteiger partial charge is 0.246 e. The molecule has 0 spiro atoms. The monoisotopic (exact) mass is 307 g/mol. The van der Waals surface area contributed by atoms with Crippen molar-refractivity contribution >= 4 is 17.5 Å². The minimum atomic E-state index is -0.483. The zero-order valence-electron chi connectivity index (χ0n) is 12.6. The van der Waals surface area contributed by atoms with Crippen LogP contribution in [-0.4, -0.2) is 29.0 Å². The van der Waals surface area contributed by atoms with E-state index in [2.05, 4.69) is 0 Å². The summed E-state index contributed by atoms with van der Waals surface area (Å²) in [4.78, 5) is 13.8. The van der Waals surface area contributed by atoms with Gasteiger partial charge < -0.3 is 10.0 Å².